The molecule has 1 aliphatic heterocycles. The summed E-state index contributed by atoms with van der Waals surface area (Å²) >= 11 is 0. The van der Waals surface area contributed by atoms with E-state index in [0.29, 0.717) is 17.5 Å². The third-order valence-electron chi connectivity index (χ3n) is 6.28. The number of carbonyl (C=O) groups is 2. The number of benzene rings is 1. The molecular formula is C18H16N2O5. The summed E-state index contributed by atoms with van der Waals surface area (Å²) in [6.07, 6.45) is 5.33. The summed E-state index contributed by atoms with van der Waals surface area (Å²) in [5.74, 6) is 0.519. The lowest BCUT2D eigenvalue weighted by molar-refractivity contribution is -0.384. The van der Waals surface area contributed by atoms with Gasteiger partial charge in [0.1, 0.15) is 5.75 Å². The van der Waals surface area contributed by atoms with Crippen LogP contribution in [0.25, 0.3) is 0 Å². The van der Waals surface area contributed by atoms with Crippen LogP contribution in [0.5, 0.6) is 5.75 Å². The third-order valence-corrected chi connectivity index (χ3v) is 6.28. The molecule has 0 spiro atoms. The molecule has 25 heavy (non-hydrogen) atoms. The van der Waals surface area contributed by atoms with Gasteiger partial charge in [0.25, 0.3) is 5.69 Å². The molecule has 7 heteroatoms. The molecule has 1 aromatic carbocycles. The minimum Gasteiger partial charge on any atom is -0.494 e. The summed E-state index contributed by atoms with van der Waals surface area (Å²) in [6, 6.07) is 3.98. The minimum absolute atomic E-state index is 0.139. The highest BCUT2D eigenvalue weighted by Crippen LogP contribution is 2.65. The molecule has 7 nitrogen and oxygen atoms in total. The van der Waals surface area contributed by atoms with Gasteiger partial charge in [0, 0.05) is 6.07 Å². The Bertz CT molecular complexity index is 827. The number of hydrogen-bond acceptors (Lipinski definition) is 5. The van der Waals surface area contributed by atoms with E-state index < -0.39 is 4.92 Å². The van der Waals surface area contributed by atoms with Gasteiger partial charge in [0.05, 0.1) is 35.6 Å². The van der Waals surface area contributed by atoms with Crippen LogP contribution in [-0.4, -0.2) is 23.8 Å². The minimum atomic E-state index is -0.530. The average Bonchev–Trinajstić information content (AvgIpc) is 3.39. The fraction of sp³-hybridized carbons (Fsp3) is 0.444. The van der Waals surface area contributed by atoms with Crippen molar-refractivity contribution < 1.29 is 19.2 Å². The molecule has 0 aromatic heterocycles. The number of anilines is 1. The number of amides is 2. The highest BCUT2D eigenvalue weighted by molar-refractivity contribution is 6.23. The molecule has 0 radical (unpaired) electrons. The molecular weight excluding hydrogens is 324 g/mol. The van der Waals surface area contributed by atoms with Crippen molar-refractivity contribution in [3.05, 3.63) is 40.5 Å². The molecule has 0 unspecified atom stereocenters. The fourth-order valence-electron chi connectivity index (χ4n) is 5.16. The van der Waals surface area contributed by atoms with Crippen molar-refractivity contribution in [3.63, 3.8) is 0 Å². The van der Waals surface area contributed by atoms with Crippen LogP contribution in [0.2, 0.25) is 0 Å². The van der Waals surface area contributed by atoms with Crippen molar-refractivity contribution in [2.24, 2.45) is 35.5 Å². The number of nitro groups is 1. The summed E-state index contributed by atoms with van der Waals surface area (Å²) in [4.78, 5) is 37.8. The first-order valence-corrected chi connectivity index (χ1v) is 8.41. The van der Waals surface area contributed by atoms with E-state index in [1.807, 2.05) is 0 Å². The maximum Gasteiger partial charge on any atom is 0.273 e. The van der Waals surface area contributed by atoms with Crippen LogP contribution in [0, 0.1) is 45.6 Å². The Morgan fingerprint density at radius 3 is 2.24 bits per heavy atom. The first-order chi connectivity index (χ1) is 12.0. The van der Waals surface area contributed by atoms with Gasteiger partial charge in [-0.05, 0) is 36.2 Å². The van der Waals surface area contributed by atoms with Crippen LogP contribution in [0.15, 0.2) is 30.4 Å². The predicted molar refractivity (Wildman–Crippen MR) is 86.8 cm³/mol. The van der Waals surface area contributed by atoms with E-state index >= 15 is 0 Å². The van der Waals surface area contributed by atoms with Crippen LogP contribution in [0.1, 0.15) is 6.42 Å². The molecule has 5 aliphatic rings. The summed E-state index contributed by atoms with van der Waals surface area (Å²) in [5.41, 5.74) is 0.158. The Balaban J connectivity index is 1.57. The van der Waals surface area contributed by atoms with Gasteiger partial charge in [0.15, 0.2) is 0 Å². The standard InChI is InChI=1S/C18H16N2O5/c1-25-14-6-8(20(23)24)2-5-13(14)19-17(21)15-9-3-4-10(12-7-11(9)12)16(15)18(19)22/h2-6,9-12,15-16H,7H2,1H3/t9-,10-,11-,12+,15+,16-/m1/s1. The molecule has 2 bridgehead atoms. The number of carbonyl (C=O) groups excluding carboxylic acids is 2. The number of methoxy groups -OCH3 is 1. The first kappa shape index (κ1) is 14.6. The average molecular weight is 340 g/mol. The van der Waals surface area contributed by atoms with E-state index in [0.717, 1.165) is 6.42 Å². The Morgan fingerprint density at radius 1 is 1.12 bits per heavy atom. The number of nitrogens with zero attached hydrogens (tertiary/aromatic N) is 2. The van der Waals surface area contributed by atoms with Gasteiger partial charge in [-0.1, -0.05) is 12.2 Å². The zero-order valence-electron chi connectivity index (χ0n) is 13.5. The first-order valence-electron chi connectivity index (χ1n) is 8.41. The lowest BCUT2D eigenvalue weighted by Gasteiger charge is -2.37. The maximum absolute atomic E-state index is 13.1. The second kappa shape index (κ2) is 4.68. The van der Waals surface area contributed by atoms with Gasteiger partial charge in [-0.3, -0.25) is 19.7 Å². The SMILES string of the molecule is COc1cc([N+](=O)[O-])ccc1N1C(=O)[C@@H]2[C@@H]3C=C[C@H]([C@H]4C[C@@H]34)[C@@H]2C1=O. The Hall–Kier alpha value is -2.70. The second-order valence-corrected chi connectivity index (χ2v) is 7.28. The van der Waals surface area contributed by atoms with Crippen molar-refractivity contribution >= 4 is 23.2 Å². The van der Waals surface area contributed by atoms with Gasteiger partial charge in [-0.25, -0.2) is 4.90 Å². The van der Waals surface area contributed by atoms with E-state index in [4.69, 9.17) is 4.74 Å². The van der Waals surface area contributed by atoms with Gasteiger partial charge in [-0.2, -0.15) is 0 Å². The molecule has 128 valence electrons. The highest BCUT2D eigenvalue weighted by atomic mass is 16.6. The fourth-order valence-corrected chi connectivity index (χ4v) is 5.16. The zero-order chi connectivity index (χ0) is 17.5. The predicted octanol–water partition coefficient (Wildman–Crippen LogP) is 2.16. The number of imide groups is 1. The number of allylic oxidation sites excluding steroid dienone is 2. The largest absolute Gasteiger partial charge is 0.494 e. The third kappa shape index (κ3) is 1.75. The zero-order valence-corrected chi connectivity index (χ0v) is 13.5. The van der Waals surface area contributed by atoms with E-state index in [2.05, 4.69) is 12.2 Å². The summed E-state index contributed by atoms with van der Waals surface area (Å²) < 4.78 is 5.23. The summed E-state index contributed by atoms with van der Waals surface area (Å²) in [5, 5.41) is 11.0. The normalized spacial score (nSPS) is 37.1. The van der Waals surface area contributed by atoms with Gasteiger partial charge in [-0.15, -0.1) is 0 Å². The molecule has 1 saturated heterocycles. The van der Waals surface area contributed by atoms with Gasteiger partial charge < -0.3 is 4.74 Å². The smallest absolute Gasteiger partial charge is 0.273 e. The number of hydrogen-bond donors (Lipinski definition) is 0. The van der Waals surface area contributed by atoms with Crippen LogP contribution < -0.4 is 9.64 Å². The molecule has 4 aliphatic carbocycles. The Labute approximate surface area is 143 Å². The topological polar surface area (TPSA) is 89.8 Å². The number of rotatable bonds is 3. The summed E-state index contributed by atoms with van der Waals surface area (Å²) in [6.45, 7) is 0. The molecule has 1 aromatic rings. The Morgan fingerprint density at radius 2 is 1.72 bits per heavy atom. The van der Waals surface area contributed by atoms with Crippen molar-refractivity contribution in [1.82, 2.24) is 0 Å². The summed E-state index contributed by atoms with van der Waals surface area (Å²) in [7, 11) is 1.38. The van der Waals surface area contributed by atoms with E-state index in [9.17, 15) is 19.7 Å². The van der Waals surface area contributed by atoms with Gasteiger partial charge >= 0.3 is 0 Å². The van der Waals surface area contributed by atoms with Crippen LogP contribution in [0.3, 0.4) is 0 Å². The van der Waals surface area contributed by atoms with Crippen molar-refractivity contribution in [2.75, 3.05) is 12.0 Å². The van der Waals surface area contributed by atoms with Crippen LogP contribution in [0.4, 0.5) is 11.4 Å². The van der Waals surface area contributed by atoms with E-state index in [1.54, 1.807) is 0 Å². The van der Waals surface area contributed by atoms with E-state index in [1.165, 1.54) is 30.2 Å². The molecule has 0 N–H and O–H groups in total. The maximum atomic E-state index is 13.1. The number of ether oxygens (including phenoxy) is 1. The van der Waals surface area contributed by atoms with Crippen molar-refractivity contribution in [1.29, 1.82) is 0 Å². The van der Waals surface area contributed by atoms with Crippen LogP contribution in [-0.2, 0) is 9.59 Å². The lowest BCUT2D eigenvalue weighted by atomic mass is 9.63. The van der Waals surface area contributed by atoms with Crippen molar-refractivity contribution in [3.8, 4) is 5.75 Å². The Kier molecular flexibility index (Phi) is 2.74. The quantitative estimate of drug-likeness (QED) is 0.364. The molecule has 6 rings (SSSR count). The highest BCUT2D eigenvalue weighted by Gasteiger charge is 2.67. The number of non-ortho nitro benzene ring substituents is 1. The lowest BCUT2D eigenvalue weighted by Crippen LogP contribution is -2.40. The molecule has 2 saturated carbocycles. The van der Waals surface area contributed by atoms with Gasteiger partial charge in [0.2, 0.25) is 11.8 Å². The monoisotopic (exact) mass is 340 g/mol. The molecule has 2 amide bonds. The number of nitro benzene ring substituents is 1. The van der Waals surface area contributed by atoms with E-state index in [-0.39, 0.29) is 46.9 Å². The molecule has 6 atom stereocenters. The van der Waals surface area contributed by atoms with Crippen molar-refractivity contribution in [2.45, 2.75) is 6.42 Å². The molecule has 1 heterocycles. The molecule has 3 fully saturated rings. The second-order valence-electron chi connectivity index (χ2n) is 7.28. The van der Waals surface area contributed by atoms with Crippen LogP contribution >= 0.6 is 0 Å².